The minimum absolute atomic E-state index is 0.168. The average Bonchev–Trinajstić information content (AvgIpc) is 2.40. The maximum atomic E-state index is 12.0. The number of hydrogen-bond donors (Lipinski definition) is 1. The van der Waals surface area contributed by atoms with Gasteiger partial charge in [-0.1, -0.05) is 23.2 Å². The molecular weight excluding hydrogens is 355 g/mol. The Morgan fingerprint density at radius 3 is 2.68 bits per heavy atom. The highest BCUT2D eigenvalue weighted by molar-refractivity contribution is 9.10. The third-order valence-electron chi connectivity index (χ3n) is 2.23. The molecule has 0 saturated carbocycles. The van der Waals surface area contributed by atoms with Crippen LogP contribution in [0.15, 0.2) is 29.3 Å². The van der Waals surface area contributed by atoms with Crippen LogP contribution in [0, 0.1) is 0 Å². The summed E-state index contributed by atoms with van der Waals surface area (Å²) in [5.74, 6) is -0.338. The van der Waals surface area contributed by atoms with E-state index < -0.39 is 0 Å². The van der Waals surface area contributed by atoms with Crippen molar-refractivity contribution in [3.05, 3.63) is 50.7 Å². The van der Waals surface area contributed by atoms with E-state index in [9.17, 15) is 4.79 Å². The minimum atomic E-state index is -0.338. The summed E-state index contributed by atoms with van der Waals surface area (Å²) in [6.07, 6.45) is 4.47. The van der Waals surface area contributed by atoms with E-state index in [2.05, 4.69) is 36.2 Å². The van der Waals surface area contributed by atoms with E-state index in [0.29, 0.717) is 15.9 Å². The zero-order valence-electron chi connectivity index (χ0n) is 9.40. The molecule has 0 aliphatic carbocycles. The first-order valence-corrected chi connectivity index (χ1v) is 6.68. The number of halogens is 3. The number of carbonyl (C=O) groups excluding carboxylic acids is 1. The Kier molecular flexibility index (Phi) is 4.68. The van der Waals surface area contributed by atoms with Gasteiger partial charge in [-0.25, -0.2) is 9.97 Å². The fourth-order valence-corrected chi connectivity index (χ4v) is 2.02. The Morgan fingerprint density at radius 2 is 1.95 bits per heavy atom. The van der Waals surface area contributed by atoms with E-state index in [1.807, 2.05) is 0 Å². The van der Waals surface area contributed by atoms with Gasteiger partial charge in [-0.3, -0.25) is 9.78 Å². The van der Waals surface area contributed by atoms with Crippen molar-refractivity contribution in [2.75, 3.05) is 0 Å². The molecular formula is C11H7BrCl2N4O. The van der Waals surface area contributed by atoms with Crippen molar-refractivity contribution < 1.29 is 4.79 Å². The van der Waals surface area contributed by atoms with Crippen molar-refractivity contribution >= 4 is 45.0 Å². The van der Waals surface area contributed by atoms with E-state index in [-0.39, 0.29) is 22.6 Å². The summed E-state index contributed by atoms with van der Waals surface area (Å²) in [7, 11) is 0. The Labute approximate surface area is 127 Å². The molecule has 0 aliphatic rings. The van der Waals surface area contributed by atoms with E-state index in [4.69, 9.17) is 23.2 Å². The summed E-state index contributed by atoms with van der Waals surface area (Å²) in [6.45, 7) is 0.168. The van der Waals surface area contributed by atoms with Gasteiger partial charge >= 0.3 is 0 Å². The van der Waals surface area contributed by atoms with Gasteiger partial charge in [0.25, 0.3) is 5.91 Å². The highest BCUT2D eigenvalue weighted by Gasteiger charge is 2.13. The van der Waals surface area contributed by atoms with Crippen LogP contribution >= 0.6 is 39.1 Å². The van der Waals surface area contributed by atoms with Crippen molar-refractivity contribution in [1.29, 1.82) is 0 Å². The normalized spacial score (nSPS) is 10.3. The summed E-state index contributed by atoms with van der Waals surface area (Å²) in [4.78, 5) is 23.8. The standard InChI is InChI=1S/C11H7BrCl2N4O/c12-9-8(13)6(1-2-16-9)11(19)18-5-7-10(14)17-4-3-15-7/h1-4H,5H2,(H,18,19). The van der Waals surface area contributed by atoms with Crippen molar-refractivity contribution in [2.24, 2.45) is 0 Å². The Bertz CT molecular complexity index is 623. The largest absolute Gasteiger partial charge is 0.346 e. The lowest BCUT2D eigenvalue weighted by Gasteiger charge is -2.07. The molecule has 0 radical (unpaired) electrons. The van der Waals surface area contributed by atoms with Crippen LogP contribution in [-0.2, 0) is 6.54 Å². The summed E-state index contributed by atoms with van der Waals surface area (Å²) in [5, 5.41) is 3.17. The molecule has 1 N–H and O–H groups in total. The molecule has 98 valence electrons. The third-order valence-corrected chi connectivity index (χ3v) is 3.76. The topological polar surface area (TPSA) is 67.8 Å². The minimum Gasteiger partial charge on any atom is -0.346 e. The number of aromatic nitrogens is 3. The summed E-state index contributed by atoms with van der Waals surface area (Å²) in [6, 6.07) is 1.53. The van der Waals surface area contributed by atoms with Crippen LogP contribution < -0.4 is 5.32 Å². The summed E-state index contributed by atoms with van der Waals surface area (Å²) >= 11 is 15.0. The first-order chi connectivity index (χ1) is 9.09. The molecule has 0 unspecified atom stereocenters. The molecule has 2 heterocycles. The van der Waals surface area contributed by atoms with Crippen molar-refractivity contribution in [1.82, 2.24) is 20.3 Å². The SMILES string of the molecule is O=C(NCc1nccnc1Cl)c1ccnc(Br)c1Cl. The van der Waals surface area contributed by atoms with Crippen molar-refractivity contribution in [2.45, 2.75) is 6.54 Å². The molecule has 0 bridgehead atoms. The highest BCUT2D eigenvalue weighted by Crippen LogP contribution is 2.23. The molecule has 2 rings (SSSR count). The zero-order valence-corrected chi connectivity index (χ0v) is 12.5. The lowest BCUT2D eigenvalue weighted by molar-refractivity contribution is 0.0950. The average molecular weight is 362 g/mol. The van der Waals surface area contributed by atoms with Gasteiger partial charge in [0.05, 0.1) is 22.8 Å². The molecule has 0 atom stereocenters. The molecule has 0 fully saturated rings. The first kappa shape index (κ1) is 14.2. The number of amides is 1. The zero-order chi connectivity index (χ0) is 13.8. The predicted molar refractivity (Wildman–Crippen MR) is 75.2 cm³/mol. The van der Waals surface area contributed by atoms with E-state index in [1.165, 1.54) is 24.7 Å². The van der Waals surface area contributed by atoms with Crippen LogP contribution in [0.3, 0.4) is 0 Å². The Balaban J connectivity index is 2.10. The van der Waals surface area contributed by atoms with Crippen molar-refractivity contribution in [3.63, 3.8) is 0 Å². The first-order valence-electron chi connectivity index (χ1n) is 5.13. The van der Waals surface area contributed by atoms with Crippen LogP contribution in [0.25, 0.3) is 0 Å². The fraction of sp³-hybridized carbons (Fsp3) is 0.0909. The molecule has 0 aliphatic heterocycles. The number of carbonyl (C=O) groups is 1. The number of nitrogens with one attached hydrogen (secondary N) is 1. The molecule has 5 nitrogen and oxygen atoms in total. The summed E-state index contributed by atoms with van der Waals surface area (Å²) < 4.78 is 0.416. The Morgan fingerprint density at radius 1 is 1.21 bits per heavy atom. The van der Waals surface area contributed by atoms with Gasteiger partial charge in [-0.15, -0.1) is 0 Å². The van der Waals surface area contributed by atoms with Gasteiger partial charge in [-0.05, 0) is 22.0 Å². The Hall–Kier alpha value is -1.24. The lowest BCUT2D eigenvalue weighted by atomic mass is 10.2. The molecule has 2 aromatic heterocycles. The number of pyridine rings is 1. The van der Waals surface area contributed by atoms with Gasteiger partial charge in [-0.2, -0.15) is 0 Å². The van der Waals surface area contributed by atoms with E-state index >= 15 is 0 Å². The highest BCUT2D eigenvalue weighted by atomic mass is 79.9. The van der Waals surface area contributed by atoms with Crippen molar-refractivity contribution in [3.8, 4) is 0 Å². The second-order valence-corrected chi connectivity index (χ2v) is 4.93. The quantitative estimate of drug-likeness (QED) is 0.853. The molecule has 0 aromatic carbocycles. The molecule has 8 heteroatoms. The third kappa shape index (κ3) is 3.40. The van der Waals surface area contributed by atoms with E-state index in [0.717, 1.165) is 0 Å². The molecule has 19 heavy (non-hydrogen) atoms. The summed E-state index contributed by atoms with van der Waals surface area (Å²) in [5.41, 5.74) is 0.810. The maximum Gasteiger partial charge on any atom is 0.253 e. The van der Waals surface area contributed by atoms with Crippen LogP contribution in [0.2, 0.25) is 10.2 Å². The second kappa shape index (κ2) is 6.27. The van der Waals surface area contributed by atoms with Gasteiger partial charge in [0.1, 0.15) is 4.60 Å². The smallest absolute Gasteiger partial charge is 0.253 e. The maximum absolute atomic E-state index is 12.0. The van der Waals surface area contributed by atoms with Crippen LogP contribution in [0.4, 0.5) is 0 Å². The number of nitrogens with zero attached hydrogens (tertiary/aromatic N) is 3. The molecule has 0 saturated heterocycles. The molecule has 0 spiro atoms. The van der Waals surface area contributed by atoms with Gasteiger partial charge in [0, 0.05) is 18.6 Å². The predicted octanol–water partition coefficient (Wildman–Crippen LogP) is 2.87. The molecule has 2 aromatic rings. The monoisotopic (exact) mass is 360 g/mol. The lowest BCUT2D eigenvalue weighted by Crippen LogP contribution is -2.24. The van der Waals surface area contributed by atoms with Crippen LogP contribution in [-0.4, -0.2) is 20.9 Å². The molecule has 1 amide bonds. The van der Waals surface area contributed by atoms with Gasteiger partial charge in [0.2, 0.25) is 0 Å². The fourth-order valence-electron chi connectivity index (χ4n) is 1.32. The van der Waals surface area contributed by atoms with E-state index in [1.54, 1.807) is 0 Å². The van der Waals surface area contributed by atoms with Crippen LogP contribution in [0.1, 0.15) is 16.1 Å². The number of hydrogen-bond acceptors (Lipinski definition) is 4. The van der Waals surface area contributed by atoms with Gasteiger partial charge in [0.15, 0.2) is 5.15 Å². The van der Waals surface area contributed by atoms with Gasteiger partial charge < -0.3 is 5.32 Å². The van der Waals surface area contributed by atoms with Crippen LogP contribution in [0.5, 0.6) is 0 Å². The second-order valence-electron chi connectivity index (χ2n) is 3.44. The number of rotatable bonds is 3.